The predicted octanol–water partition coefficient (Wildman–Crippen LogP) is 0.952. The maximum absolute atomic E-state index is 4.63. The van der Waals surface area contributed by atoms with Gasteiger partial charge in [0.1, 0.15) is 6.61 Å². The molecular formula is C5H8OPb. The Balaban J connectivity index is 0. The Labute approximate surface area is 64.2 Å². The predicted molar refractivity (Wildman–Crippen MR) is 32.1 cm³/mol. The second-order valence-electron chi connectivity index (χ2n) is 0.789. The molecule has 0 aliphatic carbocycles. The first-order chi connectivity index (χ1) is 2.91. The van der Waals surface area contributed by atoms with Gasteiger partial charge in [0, 0.05) is 27.3 Å². The Kier molecular flexibility index (Phi) is 13.9. The fraction of sp³-hybridized carbons (Fsp3) is 0.200. The van der Waals surface area contributed by atoms with E-state index in [1.807, 2.05) is 0 Å². The summed E-state index contributed by atoms with van der Waals surface area (Å²) in [4.78, 5) is 0. The molecule has 0 rings (SSSR count). The SMILES string of the molecule is C=CCOC=C.[Pb]. The summed E-state index contributed by atoms with van der Waals surface area (Å²) < 4.78 is 4.63. The van der Waals surface area contributed by atoms with Crippen molar-refractivity contribution < 1.29 is 4.74 Å². The van der Waals surface area contributed by atoms with Gasteiger partial charge in [0.15, 0.2) is 0 Å². The monoisotopic (exact) mass is 292 g/mol. The van der Waals surface area contributed by atoms with Crippen LogP contribution in [0.4, 0.5) is 0 Å². The van der Waals surface area contributed by atoms with E-state index < -0.39 is 0 Å². The second kappa shape index (κ2) is 9.51. The second-order valence-corrected chi connectivity index (χ2v) is 0.789. The summed E-state index contributed by atoms with van der Waals surface area (Å²) in [5.74, 6) is 0. The van der Waals surface area contributed by atoms with Crippen LogP contribution in [0.2, 0.25) is 0 Å². The Hall–Kier alpha value is 0.202. The molecule has 0 aromatic carbocycles. The summed E-state index contributed by atoms with van der Waals surface area (Å²) in [6, 6.07) is 0. The molecule has 38 valence electrons. The quantitative estimate of drug-likeness (QED) is 0.326. The van der Waals surface area contributed by atoms with E-state index in [1.165, 1.54) is 6.26 Å². The number of ether oxygens (including phenoxy) is 1. The molecule has 0 amide bonds. The van der Waals surface area contributed by atoms with Crippen LogP contribution >= 0.6 is 0 Å². The number of hydrogen-bond acceptors (Lipinski definition) is 1. The fourth-order valence-corrected chi connectivity index (χ4v) is 0.136. The molecule has 0 fully saturated rings. The minimum Gasteiger partial charge on any atom is -0.498 e. The molecule has 0 spiro atoms. The summed E-state index contributed by atoms with van der Waals surface area (Å²) in [5.41, 5.74) is 0. The van der Waals surface area contributed by atoms with Gasteiger partial charge in [-0.25, -0.2) is 0 Å². The van der Waals surface area contributed by atoms with Crippen molar-refractivity contribution in [2.24, 2.45) is 0 Å². The van der Waals surface area contributed by atoms with Crippen molar-refractivity contribution in [3.63, 3.8) is 0 Å². The van der Waals surface area contributed by atoms with Crippen LogP contribution in [-0.4, -0.2) is 33.9 Å². The third-order valence-electron chi connectivity index (χ3n) is 0.332. The van der Waals surface area contributed by atoms with Gasteiger partial charge in [-0.1, -0.05) is 19.2 Å². The van der Waals surface area contributed by atoms with Crippen LogP contribution in [0, 0.1) is 0 Å². The maximum Gasteiger partial charge on any atom is 0.105 e. The first-order valence-corrected chi connectivity index (χ1v) is 1.75. The molecule has 7 heavy (non-hydrogen) atoms. The van der Waals surface area contributed by atoms with Crippen molar-refractivity contribution in [3.05, 3.63) is 25.5 Å². The van der Waals surface area contributed by atoms with Crippen LogP contribution in [-0.2, 0) is 4.74 Å². The van der Waals surface area contributed by atoms with Crippen molar-refractivity contribution in [1.29, 1.82) is 0 Å². The van der Waals surface area contributed by atoms with Gasteiger partial charge in [-0.05, 0) is 0 Å². The van der Waals surface area contributed by atoms with Crippen LogP contribution < -0.4 is 0 Å². The molecule has 0 bridgehead atoms. The summed E-state index contributed by atoms with van der Waals surface area (Å²) in [6.45, 7) is 7.31. The molecule has 0 saturated heterocycles. The fourth-order valence-electron chi connectivity index (χ4n) is 0.136. The van der Waals surface area contributed by atoms with Crippen molar-refractivity contribution >= 4 is 27.3 Å². The van der Waals surface area contributed by atoms with Crippen molar-refractivity contribution in [3.8, 4) is 0 Å². The van der Waals surface area contributed by atoms with Gasteiger partial charge in [0.05, 0.1) is 6.26 Å². The van der Waals surface area contributed by atoms with Crippen LogP contribution in [0.15, 0.2) is 25.5 Å². The first-order valence-electron chi connectivity index (χ1n) is 1.75. The summed E-state index contributed by atoms with van der Waals surface area (Å²) in [7, 11) is 0. The Bertz CT molecular complexity index is 44.0. The molecule has 4 radical (unpaired) electrons. The van der Waals surface area contributed by atoms with Crippen molar-refractivity contribution in [2.75, 3.05) is 6.61 Å². The van der Waals surface area contributed by atoms with Crippen LogP contribution in [0.3, 0.4) is 0 Å². The smallest absolute Gasteiger partial charge is 0.105 e. The van der Waals surface area contributed by atoms with Gasteiger partial charge in [0.25, 0.3) is 0 Å². The molecule has 0 N–H and O–H groups in total. The molecule has 0 aliphatic heterocycles. The van der Waals surface area contributed by atoms with Crippen LogP contribution in [0.25, 0.3) is 0 Å². The van der Waals surface area contributed by atoms with E-state index in [2.05, 4.69) is 17.9 Å². The zero-order valence-corrected chi connectivity index (χ0v) is 8.07. The Morgan fingerprint density at radius 2 is 2.00 bits per heavy atom. The molecule has 0 unspecified atom stereocenters. The average Bonchev–Trinajstić information content (AvgIpc) is 1.61. The van der Waals surface area contributed by atoms with Crippen molar-refractivity contribution in [1.82, 2.24) is 0 Å². The molecule has 0 heterocycles. The van der Waals surface area contributed by atoms with Gasteiger partial charge in [-0.2, -0.15) is 0 Å². The van der Waals surface area contributed by atoms with E-state index >= 15 is 0 Å². The number of hydrogen-bond donors (Lipinski definition) is 0. The molecule has 2 heteroatoms. The van der Waals surface area contributed by atoms with Gasteiger partial charge < -0.3 is 4.74 Å². The minimum absolute atomic E-state index is 0. The van der Waals surface area contributed by atoms with E-state index in [4.69, 9.17) is 0 Å². The van der Waals surface area contributed by atoms with E-state index in [0.29, 0.717) is 6.61 Å². The third kappa shape index (κ3) is 10.7. The van der Waals surface area contributed by atoms with E-state index in [-0.39, 0.29) is 27.3 Å². The number of rotatable bonds is 3. The molecule has 1 nitrogen and oxygen atoms in total. The van der Waals surface area contributed by atoms with Gasteiger partial charge in [-0.15, -0.1) is 0 Å². The molecular weight excluding hydrogens is 283 g/mol. The largest absolute Gasteiger partial charge is 0.498 e. The average molecular weight is 291 g/mol. The van der Waals surface area contributed by atoms with Gasteiger partial charge in [0.2, 0.25) is 0 Å². The first kappa shape index (κ1) is 10.2. The summed E-state index contributed by atoms with van der Waals surface area (Å²) in [5, 5.41) is 0. The minimum atomic E-state index is 0. The van der Waals surface area contributed by atoms with E-state index in [0.717, 1.165) is 0 Å². The summed E-state index contributed by atoms with van der Waals surface area (Å²) >= 11 is 0. The molecule has 0 aliphatic rings. The third-order valence-corrected chi connectivity index (χ3v) is 0.332. The van der Waals surface area contributed by atoms with Gasteiger partial charge >= 0.3 is 0 Å². The van der Waals surface area contributed by atoms with Gasteiger partial charge in [-0.3, -0.25) is 0 Å². The maximum atomic E-state index is 4.63. The van der Waals surface area contributed by atoms with Crippen LogP contribution in [0.1, 0.15) is 0 Å². The Morgan fingerprint density at radius 1 is 1.43 bits per heavy atom. The molecule has 0 atom stereocenters. The normalized spacial score (nSPS) is 5.71. The topological polar surface area (TPSA) is 9.23 Å². The zero-order chi connectivity index (χ0) is 4.83. The van der Waals surface area contributed by atoms with E-state index in [9.17, 15) is 0 Å². The van der Waals surface area contributed by atoms with E-state index in [1.54, 1.807) is 6.08 Å². The molecule has 0 aromatic heterocycles. The Morgan fingerprint density at radius 3 is 2.14 bits per heavy atom. The standard InChI is InChI=1S/C5H8O.Pb/c1-3-5-6-4-2;/h3-4H,1-2,5H2;. The summed E-state index contributed by atoms with van der Waals surface area (Å²) in [6.07, 6.45) is 3.06. The molecule has 0 saturated carbocycles. The van der Waals surface area contributed by atoms with Crippen molar-refractivity contribution in [2.45, 2.75) is 0 Å². The molecule has 0 aromatic rings. The zero-order valence-electron chi connectivity index (χ0n) is 4.18. The van der Waals surface area contributed by atoms with Crippen LogP contribution in [0.5, 0.6) is 0 Å².